The van der Waals surface area contributed by atoms with E-state index in [-0.39, 0.29) is 0 Å². The van der Waals surface area contributed by atoms with Crippen LogP contribution in [0.5, 0.6) is 0 Å². The van der Waals surface area contributed by atoms with Gasteiger partial charge in [-0.3, -0.25) is 0 Å². The molecule has 2 aliphatic heterocycles. The van der Waals surface area contributed by atoms with Gasteiger partial charge in [-0.15, -0.1) is 0 Å². The van der Waals surface area contributed by atoms with Gasteiger partial charge in [-0.2, -0.15) is 0 Å². The normalized spacial score (nSPS) is 29.8. The molecule has 16 heavy (non-hydrogen) atoms. The zero-order valence-electron chi connectivity index (χ0n) is 9.56. The molecule has 0 radical (unpaired) electrons. The summed E-state index contributed by atoms with van der Waals surface area (Å²) in [6.45, 7) is 5.02. The van der Waals surface area contributed by atoms with Crippen LogP contribution in [0.2, 0.25) is 0 Å². The van der Waals surface area contributed by atoms with Crippen molar-refractivity contribution in [3.63, 3.8) is 0 Å². The van der Waals surface area contributed by atoms with Gasteiger partial charge in [-0.1, -0.05) is 15.9 Å². The van der Waals surface area contributed by atoms with Crippen LogP contribution in [0.25, 0.3) is 0 Å². The first-order chi connectivity index (χ1) is 7.72. The van der Waals surface area contributed by atoms with Gasteiger partial charge in [0.05, 0.1) is 0 Å². The molecule has 2 atom stereocenters. The van der Waals surface area contributed by atoms with Crippen LogP contribution in [-0.4, -0.2) is 38.1 Å². The maximum atomic E-state index is 3.49. The van der Waals surface area contributed by atoms with Crippen molar-refractivity contribution in [2.75, 3.05) is 38.1 Å². The van der Waals surface area contributed by atoms with E-state index in [1.807, 2.05) is 0 Å². The monoisotopic (exact) mass is 280 g/mol. The average Bonchev–Trinajstić information content (AvgIpc) is 2.75. The number of hydrogen-bond acceptors (Lipinski definition) is 2. The highest BCUT2D eigenvalue weighted by Gasteiger charge is 2.38. The van der Waals surface area contributed by atoms with Crippen LogP contribution in [0.3, 0.4) is 0 Å². The smallest absolute Gasteiger partial charge is 0.0367 e. The Balaban J connectivity index is 1.73. The van der Waals surface area contributed by atoms with Crippen molar-refractivity contribution < 1.29 is 0 Å². The first-order valence-corrected chi connectivity index (χ1v) is 6.71. The molecule has 2 aliphatic rings. The molecule has 2 unspecified atom stereocenters. The van der Waals surface area contributed by atoms with Crippen LogP contribution >= 0.6 is 15.9 Å². The van der Waals surface area contributed by atoms with Crippen LogP contribution in [0.4, 0.5) is 5.69 Å². The van der Waals surface area contributed by atoms with Crippen molar-refractivity contribution in [2.45, 2.75) is 0 Å². The molecule has 86 valence electrons. The summed E-state index contributed by atoms with van der Waals surface area (Å²) in [5, 5.41) is 0. The number of likely N-dealkylation sites (tertiary alicyclic amines) is 1. The molecular formula is C13H17BrN2. The fraction of sp³-hybridized carbons (Fsp3) is 0.538. The zero-order valence-corrected chi connectivity index (χ0v) is 11.2. The van der Waals surface area contributed by atoms with Crippen LogP contribution < -0.4 is 4.90 Å². The van der Waals surface area contributed by atoms with Crippen molar-refractivity contribution in [1.29, 1.82) is 0 Å². The maximum Gasteiger partial charge on any atom is 0.0367 e. The molecule has 0 aliphatic carbocycles. The molecule has 2 nitrogen and oxygen atoms in total. The Morgan fingerprint density at radius 3 is 2.12 bits per heavy atom. The summed E-state index contributed by atoms with van der Waals surface area (Å²) in [4.78, 5) is 5.00. The zero-order chi connectivity index (χ0) is 11.1. The predicted octanol–water partition coefficient (Wildman–Crippen LogP) is 2.45. The van der Waals surface area contributed by atoms with Crippen molar-refractivity contribution >= 4 is 21.6 Å². The highest BCUT2D eigenvalue weighted by Crippen LogP contribution is 2.33. The number of benzene rings is 1. The molecule has 0 bridgehead atoms. The molecule has 2 saturated heterocycles. The fourth-order valence-electron chi connectivity index (χ4n) is 3.09. The summed E-state index contributed by atoms with van der Waals surface area (Å²) in [6, 6.07) is 8.70. The lowest BCUT2D eigenvalue weighted by atomic mass is 10.0. The third-order valence-electron chi connectivity index (χ3n) is 3.86. The molecule has 2 heterocycles. The van der Waals surface area contributed by atoms with E-state index in [9.17, 15) is 0 Å². The number of rotatable bonds is 1. The van der Waals surface area contributed by atoms with E-state index < -0.39 is 0 Å². The second-order valence-corrected chi connectivity index (χ2v) is 6.04. The largest absolute Gasteiger partial charge is 0.371 e. The van der Waals surface area contributed by atoms with Crippen molar-refractivity contribution in [1.82, 2.24) is 4.90 Å². The fourth-order valence-corrected chi connectivity index (χ4v) is 3.35. The Morgan fingerprint density at radius 2 is 1.56 bits per heavy atom. The van der Waals surface area contributed by atoms with E-state index in [0.29, 0.717) is 0 Å². The predicted molar refractivity (Wildman–Crippen MR) is 70.8 cm³/mol. The standard InChI is InChI=1S/C13H17BrN2/c1-15-6-10-8-16(9-11(10)7-15)13-4-2-12(14)3-5-13/h2-5,10-11H,6-9H2,1H3. The summed E-state index contributed by atoms with van der Waals surface area (Å²) < 4.78 is 1.16. The lowest BCUT2D eigenvalue weighted by Crippen LogP contribution is -2.26. The summed E-state index contributed by atoms with van der Waals surface area (Å²) in [6.07, 6.45) is 0. The number of hydrogen-bond donors (Lipinski definition) is 0. The van der Waals surface area contributed by atoms with Crippen LogP contribution in [-0.2, 0) is 0 Å². The van der Waals surface area contributed by atoms with Gasteiger partial charge >= 0.3 is 0 Å². The number of nitrogens with zero attached hydrogens (tertiary/aromatic N) is 2. The average molecular weight is 281 g/mol. The lowest BCUT2D eigenvalue weighted by Gasteiger charge is -2.21. The lowest BCUT2D eigenvalue weighted by molar-refractivity contribution is 0.387. The van der Waals surface area contributed by atoms with Crippen molar-refractivity contribution in [2.24, 2.45) is 11.8 Å². The second kappa shape index (κ2) is 4.04. The van der Waals surface area contributed by atoms with Gasteiger partial charge in [0.2, 0.25) is 0 Å². The van der Waals surface area contributed by atoms with E-state index >= 15 is 0 Å². The third kappa shape index (κ3) is 1.87. The third-order valence-corrected chi connectivity index (χ3v) is 4.39. The minimum atomic E-state index is 0.883. The number of fused-ring (bicyclic) bond motifs is 1. The van der Waals surface area contributed by atoms with Crippen molar-refractivity contribution in [3.05, 3.63) is 28.7 Å². The Kier molecular flexibility index (Phi) is 2.68. The summed E-state index contributed by atoms with van der Waals surface area (Å²) in [5.41, 5.74) is 1.38. The highest BCUT2D eigenvalue weighted by molar-refractivity contribution is 9.10. The quantitative estimate of drug-likeness (QED) is 0.780. The minimum Gasteiger partial charge on any atom is -0.371 e. The second-order valence-electron chi connectivity index (χ2n) is 5.12. The molecule has 0 N–H and O–H groups in total. The first-order valence-electron chi connectivity index (χ1n) is 5.91. The van der Waals surface area contributed by atoms with Gasteiger partial charge in [-0.05, 0) is 43.1 Å². The van der Waals surface area contributed by atoms with Crippen LogP contribution in [0, 0.1) is 11.8 Å². The van der Waals surface area contributed by atoms with E-state index in [1.54, 1.807) is 0 Å². The molecular weight excluding hydrogens is 264 g/mol. The first kappa shape index (κ1) is 10.6. The summed E-state index contributed by atoms with van der Waals surface area (Å²) in [5.74, 6) is 1.77. The van der Waals surface area contributed by atoms with Crippen LogP contribution in [0.15, 0.2) is 28.7 Å². The number of anilines is 1. The Bertz CT molecular complexity index is 362. The van der Waals surface area contributed by atoms with Gasteiger partial charge in [0.1, 0.15) is 0 Å². The Labute approximate surface area is 105 Å². The molecule has 0 spiro atoms. The SMILES string of the molecule is CN1CC2CN(c3ccc(Br)cc3)CC2C1. The Hall–Kier alpha value is -0.540. The summed E-state index contributed by atoms with van der Waals surface area (Å²) >= 11 is 3.49. The van der Waals surface area contributed by atoms with E-state index in [2.05, 4.69) is 57.0 Å². The summed E-state index contributed by atoms with van der Waals surface area (Å²) in [7, 11) is 2.24. The topological polar surface area (TPSA) is 6.48 Å². The van der Waals surface area contributed by atoms with Gasteiger partial charge < -0.3 is 9.80 Å². The van der Waals surface area contributed by atoms with Crippen molar-refractivity contribution in [3.8, 4) is 0 Å². The van der Waals surface area contributed by atoms with E-state index in [0.717, 1.165) is 16.3 Å². The molecule has 2 fully saturated rings. The van der Waals surface area contributed by atoms with E-state index in [1.165, 1.54) is 31.9 Å². The molecule has 1 aromatic rings. The Morgan fingerprint density at radius 1 is 1.00 bits per heavy atom. The molecule has 3 heteroatoms. The molecule has 0 amide bonds. The number of halogens is 1. The van der Waals surface area contributed by atoms with Gasteiger partial charge in [-0.25, -0.2) is 0 Å². The molecule has 3 rings (SSSR count). The van der Waals surface area contributed by atoms with Crippen LogP contribution in [0.1, 0.15) is 0 Å². The molecule has 0 saturated carbocycles. The van der Waals surface area contributed by atoms with Gasteiger partial charge in [0.25, 0.3) is 0 Å². The van der Waals surface area contributed by atoms with Gasteiger partial charge in [0.15, 0.2) is 0 Å². The molecule has 1 aromatic carbocycles. The molecule has 0 aromatic heterocycles. The highest BCUT2D eigenvalue weighted by atomic mass is 79.9. The minimum absolute atomic E-state index is 0.883. The van der Waals surface area contributed by atoms with E-state index in [4.69, 9.17) is 0 Å². The maximum absolute atomic E-state index is 3.49. The van der Waals surface area contributed by atoms with Gasteiger partial charge in [0, 0.05) is 36.3 Å².